The highest BCUT2D eigenvalue weighted by Crippen LogP contribution is 2.17. The number of rotatable bonds is 8. The Hall–Kier alpha value is -1.79. The number of benzene rings is 1. The Morgan fingerprint density at radius 1 is 1.32 bits per heavy atom. The summed E-state index contributed by atoms with van der Waals surface area (Å²) in [7, 11) is 0. The van der Waals surface area contributed by atoms with Crippen molar-refractivity contribution in [2.24, 2.45) is 5.92 Å². The third-order valence-electron chi connectivity index (χ3n) is 4.24. The summed E-state index contributed by atoms with van der Waals surface area (Å²) < 4.78 is 24.7. The normalized spacial score (nSPS) is 17.7. The van der Waals surface area contributed by atoms with Gasteiger partial charge in [0, 0.05) is 26.1 Å². The molecule has 0 N–H and O–H groups in total. The van der Waals surface area contributed by atoms with Crippen molar-refractivity contribution in [3.8, 4) is 0 Å². The maximum atomic E-state index is 13.5. The molecule has 1 aromatic carbocycles. The molecule has 2 heterocycles. The summed E-state index contributed by atoms with van der Waals surface area (Å²) >= 11 is 0. The van der Waals surface area contributed by atoms with Crippen LogP contribution < -0.4 is 0 Å². The highest BCUT2D eigenvalue weighted by molar-refractivity contribution is 5.16. The van der Waals surface area contributed by atoms with Gasteiger partial charge in [0.2, 0.25) is 5.89 Å². The monoisotopic (exact) mass is 347 g/mol. The molecule has 0 spiro atoms. The summed E-state index contributed by atoms with van der Waals surface area (Å²) in [6, 6.07) is 6.70. The fraction of sp³-hybridized carbons (Fsp3) is 0.579. The van der Waals surface area contributed by atoms with Crippen LogP contribution in [0.5, 0.6) is 0 Å². The van der Waals surface area contributed by atoms with E-state index in [1.165, 1.54) is 6.07 Å². The minimum atomic E-state index is -0.216. The van der Waals surface area contributed by atoms with E-state index in [0.29, 0.717) is 24.9 Å². The van der Waals surface area contributed by atoms with Crippen molar-refractivity contribution < 1.29 is 13.7 Å². The van der Waals surface area contributed by atoms with Gasteiger partial charge in [0.05, 0.1) is 12.6 Å². The molecule has 0 saturated carbocycles. The first-order chi connectivity index (χ1) is 12.1. The lowest BCUT2D eigenvalue weighted by Gasteiger charge is -2.23. The number of halogens is 1. The maximum absolute atomic E-state index is 13.5. The van der Waals surface area contributed by atoms with Crippen LogP contribution in [0.3, 0.4) is 0 Å². The molecule has 1 atom stereocenters. The van der Waals surface area contributed by atoms with Crippen molar-refractivity contribution in [2.75, 3.05) is 13.2 Å². The largest absolute Gasteiger partial charge is 0.377 e. The molecule has 1 unspecified atom stereocenters. The van der Waals surface area contributed by atoms with Crippen molar-refractivity contribution in [3.63, 3.8) is 0 Å². The zero-order valence-electron chi connectivity index (χ0n) is 14.9. The Labute approximate surface area is 148 Å². The third-order valence-corrected chi connectivity index (χ3v) is 4.24. The molecule has 1 aliphatic heterocycles. The molecule has 3 rings (SSSR count). The van der Waals surface area contributed by atoms with Gasteiger partial charge in [-0.1, -0.05) is 31.1 Å². The van der Waals surface area contributed by atoms with Gasteiger partial charge in [-0.05, 0) is 36.5 Å². The molecule has 0 amide bonds. The van der Waals surface area contributed by atoms with Crippen molar-refractivity contribution in [1.29, 1.82) is 0 Å². The van der Waals surface area contributed by atoms with Gasteiger partial charge >= 0.3 is 0 Å². The van der Waals surface area contributed by atoms with Crippen molar-refractivity contribution >= 4 is 0 Å². The SMILES string of the molecule is CC(C)Cc1noc(CN(Cc2cccc(F)c2)CC2CCCO2)n1. The van der Waals surface area contributed by atoms with E-state index < -0.39 is 0 Å². The Balaban J connectivity index is 1.67. The second-order valence-electron chi connectivity index (χ2n) is 7.14. The molecule has 1 fully saturated rings. The van der Waals surface area contributed by atoms with E-state index >= 15 is 0 Å². The molecule has 1 aliphatic rings. The van der Waals surface area contributed by atoms with Gasteiger partial charge in [-0.2, -0.15) is 4.98 Å². The summed E-state index contributed by atoms with van der Waals surface area (Å²) in [6.45, 7) is 7.02. The quantitative estimate of drug-likeness (QED) is 0.730. The maximum Gasteiger partial charge on any atom is 0.240 e. The Kier molecular flexibility index (Phi) is 6.15. The van der Waals surface area contributed by atoms with Crippen LogP contribution in [0, 0.1) is 11.7 Å². The summed E-state index contributed by atoms with van der Waals surface area (Å²) in [5.41, 5.74) is 0.930. The summed E-state index contributed by atoms with van der Waals surface area (Å²) in [6.07, 6.45) is 3.17. The minimum absolute atomic E-state index is 0.214. The number of hydrogen-bond acceptors (Lipinski definition) is 5. The Morgan fingerprint density at radius 3 is 2.92 bits per heavy atom. The van der Waals surface area contributed by atoms with E-state index in [4.69, 9.17) is 9.26 Å². The van der Waals surface area contributed by atoms with Crippen molar-refractivity contribution in [2.45, 2.75) is 52.3 Å². The number of hydrogen-bond donors (Lipinski definition) is 0. The molecule has 0 aliphatic carbocycles. The predicted molar refractivity (Wildman–Crippen MR) is 92.3 cm³/mol. The molecule has 2 aromatic rings. The van der Waals surface area contributed by atoms with Gasteiger partial charge in [-0.15, -0.1) is 0 Å². The first kappa shape index (κ1) is 18.0. The first-order valence-corrected chi connectivity index (χ1v) is 8.98. The smallest absolute Gasteiger partial charge is 0.240 e. The van der Waals surface area contributed by atoms with Crippen LogP contribution >= 0.6 is 0 Å². The van der Waals surface area contributed by atoms with Gasteiger partial charge in [-0.3, -0.25) is 4.90 Å². The lowest BCUT2D eigenvalue weighted by molar-refractivity contribution is 0.0640. The molecule has 1 aromatic heterocycles. The van der Waals surface area contributed by atoms with E-state index in [9.17, 15) is 4.39 Å². The van der Waals surface area contributed by atoms with Crippen LogP contribution in [-0.4, -0.2) is 34.3 Å². The van der Waals surface area contributed by atoms with Gasteiger partial charge in [0.25, 0.3) is 0 Å². The van der Waals surface area contributed by atoms with Gasteiger partial charge in [-0.25, -0.2) is 4.39 Å². The average Bonchev–Trinajstić information content (AvgIpc) is 3.19. The van der Waals surface area contributed by atoms with E-state index in [1.54, 1.807) is 12.1 Å². The van der Waals surface area contributed by atoms with E-state index in [-0.39, 0.29) is 11.9 Å². The average molecular weight is 347 g/mol. The molecule has 0 bridgehead atoms. The van der Waals surface area contributed by atoms with E-state index in [0.717, 1.165) is 43.8 Å². The lowest BCUT2D eigenvalue weighted by atomic mass is 10.1. The second kappa shape index (κ2) is 8.54. The molecule has 5 nitrogen and oxygen atoms in total. The number of ether oxygens (including phenoxy) is 1. The van der Waals surface area contributed by atoms with Crippen LogP contribution in [0.1, 0.15) is 44.0 Å². The number of aromatic nitrogens is 2. The topological polar surface area (TPSA) is 51.4 Å². The van der Waals surface area contributed by atoms with Crippen molar-refractivity contribution in [3.05, 3.63) is 47.4 Å². The van der Waals surface area contributed by atoms with Crippen LogP contribution in [0.2, 0.25) is 0 Å². The first-order valence-electron chi connectivity index (χ1n) is 8.98. The van der Waals surface area contributed by atoms with Crippen LogP contribution in [-0.2, 0) is 24.2 Å². The standard InChI is InChI=1S/C19H26FN3O2/c1-14(2)9-18-21-19(25-22-18)13-23(12-17-7-4-8-24-17)11-15-5-3-6-16(20)10-15/h3,5-6,10,14,17H,4,7-9,11-13H2,1-2H3. The van der Waals surface area contributed by atoms with Crippen molar-refractivity contribution in [1.82, 2.24) is 15.0 Å². The van der Waals surface area contributed by atoms with Crippen LogP contribution in [0.25, 0.3) is 0 Å². The molecule has 25 heavy (non-hydrogen) atoms. The highest BCUT2D eigenvalue weighted by Gasteiger charge is 2.21. The molecule has 1 saturated heterocycles. The molecular weight excluding hydrogens is 321 g/mol. The second-order valence-corrected chi connectivity index (χ2v) is 7.14. The van der Waals surface area contributed by atoms with Gasteiger partial charge in [0.1, 0.15) is 5.82 Å². The summed E-state index contributed by atoms with van der Waals surface area (Å²) in [5.74, 6) is 1.62. The van der Waals surface area contributed by atoms with Crippen LogP contribution in [0.15, 0.2) is 28.8 Å². The molecule has 136 valence electrons. The van der Waals surface area contributed by atoms with Gasteiger partial charge < -0.3 is 9.26 Å². The van der Waals surface area contributed by atoms with Gasteiger partial charge in [0.15, 0.2) is 5.82 Å². The highest BCUT2D eigenvalue weighted by atomic mass is 19.1. The fourth-order valence-electron chi connectivity index (χ4n) is 3.15. The Morgan fingerprint density at radius 2 is 2.20 bits per heavy atom. The zero-order chi connectivity index (χ0) is 17.6. The summed E-state index contributed by atoms with van der Waals surface area (Å²) in [5, 5.41) is 4.06. The van der Waals surface area contributed by atoms with E-state index in [2.05, 4.69) is 28.9 Å². The predicted octanol–water partition coefficient (Wildman–Crippen LogP) is 3.59. The summed E-state index contributed by atoms with van der Waals surface area (Å²) in [4.78, 5) is 6.68. The van der Waals surface area contributed by atoms with E-state index in [1.807, 2.05) is 6.07 Å². The fourth-order valence-corrected chi connectivity index (χ4v) is 3.15. The Bertz CT molecular complexity index is 668. The zero-order valence-corrected chi connectivity index (χ0v) is 14.9. The lowest BCUT2D eigenvalue weighted by Crippen LogP contribution is -2.31. The molecular formula is C19H26FN3O2. The van der Waals surface area contributed by atoms with Crippen LogP contribution in [0.4, 0.5) is 4.39 Å². The molecule has 0 radical (unpaired) electrons. The molecule has 6 heteroatoms. The third kappa shape index (κ3) is 5.61. The number of nitrogens with zero attached hydrogens (tertiary/aromatic N) is 3. The minimum Gasteiger partial charge on any atom is -0.377 e.